The number of methoxy groups -OCH3 is 1. The maximum absolute atomic E-state index is 10.1. The van der Waals surface area contributed by atoms with Gasteiger partial charge >= 0.3 is 0 Å². The summed E-state index contributed by atoms with van der Waals surface area (Å²) in [6, 6.07) is 5.39. The molecule has 0 aliphatic carbocycles. The van der Waals surface area contributed by atoms with Gasteiger partial charge in [0.15, 0.2) is 0 Å². The van der Waals surface area contributed by atoms with E-state index in [2.05, 4.69) is 13.2 Å². The highest BCUT2D eigenvalue weighted by atomic mass is 16.5. The van der Waals surface area contributed by atoms with Gasteiger partial charge in [0.05, 0.1) is 7.11 Å². The van der Waals surface area contributed by atoms with Gasteiger partial charge in [-0.2, -0.15) is 0 Å². The summed E-state index contributed by atoms with van der Waals surface area (Å²) in [6.45, 7) is 7.70. The second-order valence-electron chi connectivity index (χ2n) is 3.46. The van der Waals surface area contributed by atoms with Crippen molar-refractivity contribution in [2.24, 2.45) is 5.73 Å². The zero-order valence-corrected chi connectivity index (χ0v) is 9.94. The quantitative estimate of drug-likeness (QED) is 0.605. The molecular formula is C14H17NO2. The Morgan fingerprint density at radius 3 is 2.76 bits per heavy atom. The molecule has 0 fully saturated rings. The van der Waals surface area contributed by atoms with E-state index in [0.717, 1.165) is 0 Å². The summed E-state index contributed by atoms with van der Waals surface area (Å²) in [6.07, 6.45) is 3.36. The minimum Gasteiger partial charge on any atom is -0.507 e. The number of nitrogens with two attached hydrogens (primary N) is 1. The number of aromatic hydroxyl groups is 1. The van der Waals surface area contributed by atoms with Crippen molar-refractivity contribution in [2.75, 3.05) is 7.11 Å². The highest BCUT2D eigenvalue weighted by Gasteiger charge is 2.12. The van der Waals surface area contributed by atoms with Gasteiger partial charge in [0.25, 0.3) is 0 Å². The third-order valence-corrected chi connectivity index (χ3v) is 2.46. The highest BCUT2D eigenvalue weighted by Crippen LogP contribution is 2.32. The summed E-state index contributed by atoms with van der Waals surface area (Å²) >= 11 is 0. The topological polar surface area (TPSA) is 55.5 Å². The SMILES string of the molecule is C=C/C=C(\C(=C)OC)c1cccc(CN)c1O. The summed E-state index contributed by atoms with van der Waals surface area (Å²) in [5.74, 6) is 0.621. The van der Waals surface area contributed by atoms with E-state index in [1.54, 1.807) is 24.3 Å². The van der Waals surface area contributed by atoms with Crippen molar-refractivity contribution in [1.82, 2.24) is 0 Å². The third-order valence-electron chi connectivity index (χ3n) is 2.46. The largest absolute Gasteiger partial charge is 0.507 e. The van der Waals surface area contributed by atoms with Crippen LogP contribution in [0.25, 0.3) is 5.57 Å². The van der Waals surface area contributed by atoms with E-state index < -0.39 is 0 Å². The third kappa shape index (κ3) is 2.77. The molecule has 0 bridgehead atoms. The van der Waals surface area contributed by atoms with E-state index in [1.165, 1.54) is 7.11 Å². The van der Waals surface area contributed by atoms with Crippen LogP contribution in [0.1, 0.15) is 11.1 Å². The van der Waals surface area contributed by atoms with Gasteiger partial charge in [-0.05, 0) is 0 Å². The molecule has 17 heavy (non-hydrogen) atoms. The van der Waals surface area contributed by atoms with Crippen LogP contribution in [-0.2, 0) is 11.3 Å². The highest BCUT2D eigenvalue weighted by molar-refractivity contribution is 5.81. The summed E-state index contributed by atoms with van der Waals surface area (Å²) < 4.78 is 5.09. The second-order valence-corrected chi connectivity index (χ2v) is 3.46. The van der Waals surface area contributed by atoms with Crippen LogP contribution in [0.5, 0.6) is 5.75 Å². The van der Waals surface area contributed by atoms with Crippen molar-refractivity contribution >= 4 is 5.57 Å². The predicted octanol–water partition coefficient (Wildman–Crippen LogP) is 2.58. The normalized spacial score (nSPS) is 11.1. The Balaban J connectivity index is 3.34. The second kappa shape index (κ2) is 5.92. The molecule has 0 aromatic heterocycles. The number of benzene rings is 1. The van der Waals surface area contributed by atoms with Crippen LogP contribution >= 0.6 is 0 Å². The zero-order chi connectivity index (χ0) is 12.8. The number of allylic oxidation sites excluding steroid dienone is 3. The fourth-order valence-corrected chi connectivity index (χ4v) is 1.53. The molecule has 0 spiro atoms. The Bertz CT molecular complexity index is 461. The molecule has 0 aliphatic heterocycles. The van der Waals surface area contributed by atoms with Gasteiger partial charge in [-0.3, -0.25) is 0 Å². The van der Waals surface area contributed by atoms with Crippen LogP contribution in [0.4, 0.5) is 0 Å². The summed E-state index contributed by atoms with van der Waals surface area (Å²) in [5.41, 5.74) is 7.56. The lowest BCUT2D eigenvalue weighted by Gasteiger charge is -2.13. The van der Waals surface area contributed by atoms with Gasteiger partial charge in [0, 0.05) is 23.2 Å². The average Bonchev–Trinajstić information content (AvgIpc) is 2.36. The average molecular weight is 231 g/mol. The Morgan fingerprint density at radius 2 is 2.24 bits per heavy atom. The Kier molecular flexibility index (Phi) is 4.55. The number of hydrogen-bond acceptors (Lipinski definition) is 3. The number of phenolic OH excluding ortho intramolecular Hbond substituents is 1. The molecule has 0 heterocycles. The minimum atomic E-state index is 0.154. The van der Waals surface area contributed by atoms with E-state index in [-0.39, 0.29) is 12.3 Å². The molecule has 3 heteroatoms. The zero-order valence-electron chi connectivity index (χ0n) is 9.94. The Labute approximate surface area is 102 Å². The van der Waals surface area contributed by atoms with E-state index in [1.807, 2.05) is 6.07 Å². The van der Waals surface area contributed by atoms with Crippen LogP contribution in [0.3, 0.4) is 0 Å². The number of ether oxygens (including phenoxy) is 1. The first kappa shape index (κ1) is 13.1. The molecule has 90 valence electrons. The molecular weight excluding hydrogens is 214 g/mol. The molecule has 0 atom stereocenters. The van der Waals surface area contributed by atoms with Crippen LogP contribution in [-0.4, -0.2) is 12.2 Å². The van der Waals surface area contributed by atoms with Gasteiger partial charge in [-0.25, -0.2) is 0 Å². The fourth-order valence-electron chi connectivity index (χ4n) is 1.53. The van der Waals surface area contributed by atoms with Crippen LogP contribution in [0.2, 0.25) is 0 Å². The molecule has 0 unspecified atom stereocenters. The van der Waals surface area contributed by atoms with Crippen molar-refractivity contribution in [1.29, 1.82) is 0 Å². The lowest BCUT2D eigenvalue weighted by Crippen LogP contribution is -1.99. The van der Waals surface area contributed by atoms with Crippen molar-refractivity contribution in [3.8, 4) is 5.75 Å². The molecule has 0 radical (unpaired) electrons. The number of para-hydroxylation sites is 1. The molecule has 1 aromatic carbocycles. The minimum absolute atomic E-state index is 0.154. The monoisotopic (exact) mass is 231 g/mol. The Hall–Kier alpha value is -2.00. The fraction of sp³-hybridized carbons (Fsp3) is 0.143. The van der Waals surface area contributed by atoms with Crippen molar-refractivity contribution < 1.29 is 9.84 Å². The van der Waals surface area contributed by atoms with E-state index in [4.69, 9.17) is 10.5 Å². The first-order valence-electron chi connectivity index (χ1n) is 5.23. The molecule has 3 nitrogen and oxygen atoms in total. The molecule has 1 aromatic rings. The van der Waals surface area contributed by atoms with Crippen LogP contribution in [0, 0.1) is 0 Å². The molecule has 0 amide bonds. The maximum atomic E-state index is 10.1. The molecule has 1 rings (SSSR count). The van der Waals surface area contributed by atoms with Crippen molar-refractivity contribution in [3.05, 3.63) is 60.4 Å². The lowest BCUT2D eigenvalue weighted by molar-refractivity contribution is 0.312. The predicted molar refractivity (Wildman–Crippen MR) is 70.3 cm³/mol. The van der Waals surface area contributed by atoms with Crippen molar-refractivity contribution in [3.63, 3.8) is 0 Å². The van der Waals surface area contributed by atoms with Gasteiger partial charge in [-0.1, -0.05) is 43.5 Å². The number of hydrogen-bond donors (Lipinski definition) is 2. The summed E-state index contributed by atoms with van der Waals surface area (Å²) in [7, 11) is 1.53. The van der Waals surface area contributed by atoms with Crippen LogP contribution < -0.4 is 5.73 Å². The summed E-state index contributed by atoms with van der Waals surface area (Å²) in [5, 5.41) is 10.1. The first-order chi connectivity index (χ1) is 8.15. The number of rotatable bonds is 5. The first-order valence-corrected chi connectivity index (χ1v) is 5.23. The van der Waals surface area contributed by atoms with E-state index in [0.29, 0.717) is 22.5 Å². The van der Waals surface area contributed by atoms with Gasteiger partial charge in [0.2, 0.25) is 0 Å². The molecule has 0 aliphatic rings. The Morgan fingerprint density at radius 1 is 1.53 bits per heavy atom. The molecule has 0 saturated carbocycles. The van der Waals surface area contributed by atoms with Crippen LogP contribution in [0.15, 0.2) is 49.3 Å². The summed E-state index contributed by atoms with van der Waals surface area (Å²) in [4.78, 5) is 0. The van der Waals surface area contributed by atoms with Crippen molar-refractivity contribution in [2.45, 2.75) is 6.54 Å². The maximum Gasteiger partial charge on any atom is 0.128 e. The standard InChI is InChI=1S/C14H17NO2/c1-4-6-12(10(2)17-3)13-8-5-7-11(9-15)14(13)16/h4-8,16H,1-2,9,15H2,3H3/b12-6+. The number of phenols is 1. The smallest absolute Gasteiger partial charge is 0.128 e. The molecule has 0 saturated heterocycles. The van der Waals surface area contributed by atoms with E-state index >= 15 is 0 Å². The van der Waals surface area contributed by atoms with E-state index in [9.17, 15) is 5.11 Å². The van der Waals surface area contributed by atoms with Gasteiger partial charge in [0.1, 0.15) is 11.5 Å². The molecule has 3 N–H and O–H groups in total. The van der Waals surface area contributed by atoms with Gasteiger partial charge < -0.3 is 15.6 Å². The van der Waals surface area contributed by atoms with Gasteiger partial charge in [-0.15, -0.1) is 0 Å². The lowest BCUT2D eigenvalue weighted by atomic mass is 10.00.